The van der Waals surface area contributed by atoms with Gasteiger partial charge in [0.05, 0.1) is 18.6 Å². The number of aliphatic carboxylic acids is 1. The number of hydrogen-bond donors (Lipinski definition) is 2. The Kier molecular flexibility index (Phi) is 7.22. The van der Waals surface area contributed by atoms with Gasteiger partial charge in [0, 0.05) is 7.11 Å². The van der Waals surface area contributed by atoms with E-state index in [9.17, 15) is 9.59 Å². The lowest BCUT2D eigenvalue weighted by Crippen LogP contribution is -2.45. The molecule has 0 saturated carbocycles. The number of amides is 1. The van der Waals surface area contributed by atoms with Gasteiger partial charge in [0.1, 0.15) is 5.75 Å². The van der Waals surface area contributed by atoms with E-state index >= 15 is 0 Å². The number of carboxylic acids is 1. The molecule has 1 aromatic carbocycles. The van der Waals surface area contributed by atoms with Gasteiger partial charge in [-0.1, -0.05) is 26.0 Å². The maximum absolute atomic E-state index is 12.4. The molecule has 0 aromatic heterocycles. The van der Waals surface area contributed by atoms with Crippen LogP contribution in [0.15, 0.2) is 24.3 Å². The van der Waals surface area contributed by atoms with Gasteiger partial charge in [0.2, 0.25) is 5.91 Å². The van der Waals surface area contributed by atoms with E-state index in [0.29, 0.717) is 12.5 Å². The van der Waals surface area contributed by atoms with Crippen molar-refractivity contribution in [2.75, 3.05) is 20.3 Å². The largest absolute Gasteiger partial charge is 0.493 e. The van der Waals surface area contributed by atoms with Crippen molar-refractivity contribution in [2.45, 2.75) is 39.2 Å². The van der Waals surface area contributed by atoms with Crippen molar-refractivity contribution in [1.82, 2.24) is 5.32 Å². The van der Waals surface area contributed by atoms with Crippen LogP contribution in [0, 0.1) is 5.92 Å². The van der Waals surface area contributed by atoms with Crippen LogP contribution in [0.25, 0.3) is 0 Å². The lowest BCUT2D eigenvalue weighted by Gasteiger charge is -2.25. The number of ether oxygens (including phenoxy) is 2. The summed E-state index contributed by atoms with van der Waals surface area (Å²) in [5.74, 6) is -0.173. The minimum Gasteiger partial charge on any atom is -0.493 e. The molecule has 1 aromatic rings. The number of carbonyl (C=O) groups is 2. The van der Waals surface area contributed by atoms with Crippen molar-refractivity contribution in [2.24, 2.45) is 5.92 Å². The minimum atomic E-state index is -1.11. The van der Waals surface area contributed by atoms with E-state index in [-0.39, 0.29) is 12.5 Å². The van der Waals surface area contributed by atoms with Gasteiger partial charge in [-0.15, -0.1) is 0 Å². The number of methoxy groups -OCH3 is 1. The molecule has 0 fully saturated rings. The molecule has 0 saturated heterocycles. The molecule has 1 rings (SSSR count). The fraction of sp³-hybridized carbons (Fsp3) is 0.556. The van der Waals surface area contributed by atoms with Crippen LogP contribution >= 0.6 is 0 Å². The van der Waals surface area contributed by atoms with Crippen molar-refractivity contribution in [3.05, 3.63) is 29.8 Å². The third-order valence-electron chi connectivity index (χ3n) is 3.73. The first-order chi connectivity index (χ1) is 11.2. The van der Waals surface area contributed by atoms with Gasteiger partial charge >= 0.3 is 5.97 Å². The van der Waals surface area contributed by atoms with E-state index in [2.05, 4.69) is 19.2 Å². The maximum Gasteiger partial charge on any atom is 0.334 e. The van der Waals surface area contributed by atoms with Crippen molar-refractivity contribution in [3.8, 4) is 5.75 Å². The lowest BCUT2D eigenvalue weighted by molar-refractivity contribution is -0.148. The molecule has 24 heavy (non-hydrogen) atoms. The second kappa shape index (κ2) is 8.68. The summed E-state index contributed by atoms with van der Waals surface area (Å²) in [6.45, 7) is 8.28. The van der Waals surface area contributed by atoms with Crippen LogP contribution in [0.1, 0.15) is 33.3 Å². The molecule has 0 radical (unpaired) electrons. The molecule has 0 aliphatic carbocycles. The molecule has 1 unspecified atom stereocenters. The number of carbonyl (C=O) groups excluding carboxylic acids is 1. The van der Waals surface area contributed by atoms with E-state index in [1.165, 1.54) is 7.11 Å². The molecule has 0 aliphatic heterocycles. The van der Waals surface area contributed by atoms with Crippen LogP contribution in [0.4, 0.5) is 0 Å². The predicted octanol–water partition coefficient (Wildman–Crippen LogP) is 2.21. The van der Waals surface area contributed by atoms with E-state index in [4.69, 9.17) is 14.6 Å². The monoisotopic (exact) mass is 337 g/mol. The summed E-state index contributed by atoms with van der Waals surface area (Å²) in [4.78, 5) is 23.3. The van der Waals surface area contributed by atoms with Gasteiger partial charge in [-0.2, -0.15) is 0 Å². The number of rotatable bonds is 9. The van der Waals surface area contributed by atoms with E-state index < -0.39 is 17.5 Å². The SMILES string of the molecule is COC(CNC(=O)C(C)(C)c1ccc(OCC(C)C)cc1)C(=O)O. The molecule has 6 heteroatoms. The first-order valence-corrected chi connectivity index (χ1v) is 7.95. The van der Waals surface area contributed by atoms with Crippen molar-refractivity contribution in [1.29, 1.82) is 0 Å². The molecule has 2 N–H and O–H groups in total. The number of hydrogen-bond acceptors (Lipinski definition) is 4. The van der Waals surface area contributed by atoms with Crippen LogP contribution in [-0.4, -0.2) is 43.3 Å². The summed E-state index contributed by atoms with van der Waals surface area (Å²) in [7, 11) is 1.30. The second-order valence-electron chi connectivity index (χ2n) is 6.63. The Morgan fingerprint density at radius 1 is 1.21 bits per heavy atom. The van der Waals surface area contributed by atoms with Gasteiger partial charge in [-0.05, 0) is 37.5 Å². The highest BCUT2D eigenvalue weighted by Crippen LogP contribution is 2.25. The van der Waals surface area contributed by atoms with Crippen LogP contribution < -0.4 is 10.1 Å². The highest BCUT2D eigenvalue weighted by Gasteiger charge is 2.30. The normalized spacial score (nSPS) is 12.8. The van der Waals surface area contributed by atoms with Gasteiger partial charge in [-0.25, -0.2) is 4.79 Å². The fourth-order valence-electron chi connectivity index (χ4n) is 2.04. The van der Waals surface area contributed by atoms with E-state index in [1.54, 1.807) is 13.8 Å². The van der Waals surface area contributed by atoms with Gasteiger partial charge in [-0.3, -0.25) is 4.79 Å². The Balaban J connectivity index is 2.72. The Morgan fingerprint density at radius 3 is 2.25 bits per heavy atom. The molecular formula is C18H27NO5. The summed E-state index contributed by atoms with van der Waals surface area (Å²) >= 11 is 0. The van der Waals surface area contributed by atoms with Crippen molar-refractivity contribution >= 4 is 11.9 Å². The zero-order valence-corrected chi connectivity index (χ0v) is 15.0. The topological polar surface area (TPSA) is 84.9 Å². The number of benzene rings is 1. The molecule has 0 bridgehead atoms. The highest BCUT2D eigenvalue weighted by atomic mass is 16.5. The van der Waals surface area contributed by atoms with E-state index in [0.717, 1.165) is 11.3 Å². The van der Waals surface area contributed by atoms with Crippen LogP contribution in [0.5, 0.6) is 5.75 Å². The standard InChI is InChI=1S/C18H27NO5/c1-12(2)11-24-14-8-6-13(7-9-14)18(3,4)17(22)19-10-15(23-5)16(20)21/h6-9,12,15H,10-11H2,1-5H3,(H,19,22)(H,20,21). The average molecular weight is 337 g/mol. The second-order valence-corrected chi connectivity index (χ2v) is 6.63. The molecule has 0 spiro atoms. The Bertz CT molecular complexity index is 551. The van der Waals surface area contributed by atoms with Gasteiger partial charge in [0.25, 0.3) is 0 Å². The smallest absolute Gasteiger partial charge is 0.334 e. The highest BCUT2D eigenvalue weighted by molar-refractivity contribution is 5.87. The third kappa shape index (κ3) is 5.53. The third-order valence-corrected chi connectivity index (χ3v) is 3.73. The summed E-state index contributed by atoms with van der Waals surface area (Å²) in [5, 5.41) is 11.6. The fourth-order valence-corrected chi connectivity index (χ4v) is 2.04. The quantitative estimate of drug-likeness (QED) is 0.722. The number of nitrogens with one attached hydrogen (secondary N) is 1. The molecular weight excluding hydrogens is 310 g/mol. The Hall–Kier alpha value is -2.08. The molecule has 0 heterocycles. The molecule has 0 aliphatic rings. The molecule has 134 valence electrons. The zero-order chi connectivity index (χ0) is 18.3. The molecule has 1 atom stereocenters. The van der Waals surface area contributed by atoms with Gasteiger partial charge < -0.3 is 19.9 Å². The van der Waals surface area contributed by atoms with Crippen LogP contribution in [-0.2, 0) is 19.7 Å². The predicted molar refractivity (Wildman–Crippen MR) is 91.2 cm³/mol. The van der Waals surface area contributed by atoms with Crippen molar-refractivity contribution in [3.63, 3.8) is 0 Å². The Labute approximate surface area is 143 Å². The summed E-state index contributed by atoms with van der Waals surface area (Å²) in [6, 6.07) is 7.37. The molecule has 1 amide bonds. The average Bonchev–Trinajstić information content (AvgIpc) is 2.53. The summed E-state index contributed by atoms with van der Waals surface area (Å²) < 4.78 is 10.4. The van der Waals surface area contributed by atoms with E-state index in [1.807, 2.05) is 24.3 Å². The van der Waals surface area contributed by atoms with Crippen LogP contribution in [0.2, 0.25) is 0 Å². The zero-order valence-electron chi connectivity index (χ0n) is 15.0. The summed E-state index contributed by atoms with van der Waals surface area (Å²) in [5.41, 5.74) is 0.0223. The first-order valence-electron chi connectivity index (χ1n) is 7.95. The maximum atomic E-state index is 12.4. The Morgan fingerprint density at radius 2 is 1.79 bits per heavy atom. The van der Waals surface area contributed by atoms with Crippen molar-refractivity contribution < 1.29 is 24.2 Å². The summed E-state index contributed by atoms with van der Waals surface area (Å²) in [6.07, 6.45) is -1.06. The first kappa shape index (κ1) is 20.0. The van der Waals surface area contributed by atoms with Gasteiger partial charge in [0.15, 0.2) is 6.10 Å². The minimum absolute atomic E-state index is 0.0797. The number of carboxylic acid groups (broad SMARTS) is 1. The molecule has 6 nitrogen and oxygen atoms in total. The van der Waals surface area contributed by atoms with Crippen LogP contribution in [0.3, 0.4) is 0 Å². The lowest BCUT2D eigenvalue weighted by atomic mass is 9.83.